The number of rotatable bonds is 5. The van der Waals surface area contributed by atoms with E-state index in [1.54, 1.807) is 0 Å². The van der Waals surface area contributed by atoms with Gasteiger partial charge in [0.15, 0.2) is 0 Å². The third-order valence-electron chi connectivity index (χ3n) is 4.11. The first-order chi connectivity index (χ1) is 10.1. The Labute approximate surface area is 144 Å². The molecule has 1 fully saturated rings. The minimum atomic E-state index is -0.0685. The smallest absolute Gasteiger partial charge is 0.234 e. The van der Waals surface area contributed by atoms with Crippen molar-refractivity contribution in [3.05, 3.63) is 34.9 Å². The SMILES string of the molecule is CNC1CCN(CC(=O)NC(C)c2ccccc2Cl)CC1.Cl. The predicted molar refractivity (Wildman–Crippen MR) is 93.8 cm³/mol. The fourth-order valence-electron chi connectivity index (χ4n) is 2.77. The summed E-state index contributed by atoms with van der Waals surface area (Å²) in [7, 11) is 2.00. The molecule has 0 bridgehead atoms. The van der Waals surface area contributed by atoms with E-state index in [2.05, 4.69) is 15.5 Å². The molecule has 1 aromatic carbocycles. The summed E-state index contributed by atoms with van der Waals surface area (Å²) in [6.45, 7) is 4.37. The van der Waals surface area contributed by atoms with Crippen molar-refractivity contribution >= 4 is 29.9 Å². The molecule has 2 N–H and O–H groups in total. The summed E-state index contributed by atoms with van der Waals surface area (Å²) in [5.74, 6) is 0.0605. The van der Waals surface area contributed by atoms with Crippen molar-refractivity contribution in [1.82, 2.24) is 15.5 Å². The molecule has 1 amide bonds. The average Bonchev–Trinajstić information content (AvgIpc) is 2.48. The standard InChI is InChI=1S/C16H24ClN3O.ClH/c1-12(14-5-3-4-6-15(14)17)19-16(21)11-20-9-7-13(18-2)8-10-20;/h3-6,12-13,18H,7-11H2,1-2H3,(H,19,21);1H. The molecule has 1 aliphatic rings. The summed E-state index contributed by atoms with van der Waals surface area (Å²) in [5.41, 5.74) is 0.960. The van der Waals surface area contributed by atoms with Gasteiger partial charge >= 0.3 is 0 Å². The maximum atomic E-state index is 12.1. The molecule has 22 heavy (non-hydrogen) atoms. The average molecular weight is 346 g/mol. The van der Waals surface area contributed by atoms with E-state index in [-0.39, 0.29) is 24.4 Å². The maximum absolute atomic E-state index is 12.1. The molecule has 1 atom stereocenters. The molecule has 0 radical (unpaired) electrons. The second-order valence-corrected chi connectivity index (χ2v) is 6.06. The monoisotopic (exact) mass is 345 g/mol. The molecule has 1 heterocycles. The van der Waals surface area contributed by atoms with E-state index in [4.69, 9.17) is 11.6 Å². The van der Waals surface area contributed by atoms with Crippen molar-refractivity contribution in [2.75, 3.05) is 26.7 Å². The van der Waals surface area contributed by atoms with Gasteiger partial charge in [0.2, 0.25) is 5.91 Å². The van der Waals surface area contributed by atoms with Crippen molar-refractivity contribution < 1.29 is 4.79 Å². The van der Waals surface area contributed by atoms with Crippen LogP contribution in [0.25, 0.3) is 0 Å². The maximum Gasteiger partial charge on any atom is 0.234 e. The second-order valence-electron chi connectivity index (χ2n) is 5.65. The van der Waals surface area contributed by atoms with Crippen molar-refractivity contribution in [3.8, 4) is 0 Å². The first-order valence-corrected chi connectivity index (χ1v) is 7.91. The summed E-state index contributed by atoms with van der Waals surface area (Å²) < 4.78 is 0. The fraction of sp³-hybridized carbons (Fsp3) is 0.562. The molecule has 0 aliphatic carbocycles. The van der Waals surface area contributed by atoms with Crippen LogP contribution in [0.15, 0.2) is 24.3 Å². The van der Waals surface area contributed by atoms with Gasteiger partial charge < -0.3 is 10.6 Å². The van der Waals surface area contributed by atoms with E-state index in [1.165, 1.54) is 0 Å². The van der Waals surface area contributed by atoms with Crippen LogP contribution in [0.2, 0.25) is 5.02 Å². The Hall–Kier alpha value is -0.810. The van der Waals surface area contributed by atoms with E-state index in [0.29, 0.717) is 17.6 Å². The Balaban J connectivity index is 0.00000242. The number of halogens is 2. The lowest BCUT2D eigenvalue weighted by atomic mass is 10.1. The highest BCUT2D eigenvalue weighted by molar-refractivity contribution is 6.31. The zero-order valence-corrected chi connectivity index (χ0v) is 14.7. The molecular weight excluding hydrogens is 321 g/mol. The van der Waals surface area contributed by atoms with Crippen molar-refractivity contribution in [1.29, 1.82) is 0 Å². The number of benzene rings is 1. The number of amides is 1. The Morgan fingerprint density at radius 3 is 2.59 bits per heavy atom. The molecule has 1 saturated heterocycles. The Morgan fingerprint density at radius 1 is 1.36 bits per heavy atom. The minimum Gasteiger partial charge on any atom is -0.348 e. The van der Waals surface area contributed by atoms with Crippen LogP contribution >= 0.6 is 24.0 Å². The van der Waals surface area contributed by atoms with Gasteiger partial charge in [0, 0.05) is 24.2 Å². The van der Waals surface area contributed by atoms with Gasteiger partial charge in [-0.1, -0.05) is 29.8 Å². The van der Waals surface area contributed by atoms with E-state index in [9.17, 15) is 4.79 Å². The number of carbonyl (C=O) groups excluding carboxylic acids is 1. The van der Waals surface area contributed by atoms with E-state index < -0.39 is 0 Å². The van der Waals surface area contributed by atoms with Crippen molar-refractivity contribution in [2.24, 2.45) is 0 Å². The van der Waals surface area contributed by atoms with Crippen LogP contribution in [0.4, 0.5) is 0 Å². The summed E-state index contributed by atoms with van der Waals surface area (Å²) in [4.78, 5) is 14.4. The van der Waals surface area contributed by atoms with Crippen LogP contribution in [0.5, 0.6) is 0 Å². The topological polar surface area (TPSA) is 44.4 Å². The van der Waals surface area contributed by atoms with Crippen LogP contribution in [0, 0.1) is 0 Å². The van der Waals surface area contributed by atoms with Crippen LogP contribution in [-0.2, 0) is 4.79 Å². The molecule has 2 rings (SSSR count). The lowest BCUT2D eigenvalue weighted by Crippen LogP contribution is -2.45. The largest absolute Gasteiger partial charge is 0.348 e. The number of carbonyl (C=O) groups is 1. The number of nitrogens with zero attached hydrogens (tertiary/aromatic N) is 1. The van der Waals surface area contributed by atoms with Gasteiger partial charge in [0.1, 0.15) is 0 Å². The van der Waals surface area contributed by atoms with E-state index in [1.807, 2.05) is 38.2 Å². The lowest BCUT2D eigenvalue weighted by Gasteiger charge is -2.31. The lowest BCUT2D eigenvalue weighted by molar-refractivity contribution is -0.123. The second kappa shape index (κ2) is 9.36. The molecule has 0 aromatic heterocycles. The molecule has 1 aromatic rings. The fourth-order valence-corrected chi connectivity index (χ4v) is 3.07. The third kappa shape index (κ3) is 5.43. The quantitative estimate of drug-likeness (QED) is 0.862. The van der Waals surface area contributed by atoms with Gasteiger partial charge in [0.05, 0.1) is 12.6 Å². The first-order valence-electron chi connectivity index (χ1n) is 7.53. The normalized spacial score (nSPS) is 17.6. The van der Waals surface area contributed by atoms with Crippen molar-refractivity contribution in [2.45, 2.75) is 31.8 Å². The van der Waals surface area contributed by atoms with E-state index >= 15 is 0 Å². The van der Waals surface area contributed by atoms with Gasteiger partial charge in [-0.3, -0.25) is 9.69 Å². The Morgan fingerprint density at radius 2 is 2.00 bits per heavy atom. The van der Waals surface area contributed by atoms with Gasteiger partial charge in [-0.25, -0.2) is 0 Å². The zero-order chi connectivity index (χ0) is 15.2. The Bertz CT molecular complexity index is 476. The molecule has 0 saturated carbocycles. The molecule has 4 nitrogen and oxygen atoms in total. The van der Waals surface area contributed by atoms with Crippen molar-refractivity contribution in [3.63, 3.8) is 0 Å². The van der Waals surface area contributed by atoms with Crippen LogP contribution in [0.3, 0.4) is 0 Å². The summed E-state index contributed by atoms with van der Waals surface area (Å²) >= 11 is 6.16. The third-order valence-corrected chi connectivity index (χ3v) is 4.46. The molecule has 1 aliphatic heterocycles. The number of piperidine rings is 1. The highest BCUT2D eigenvalue weighted by Gasteiger charge is 2.20. The predicted octanol–water partition coefficient (Wildman–Crippen LogP) is 2.62. The van der Waals surface area contributed by atoms with E-state index in [0.717, 1.165) is 31.5 Å². The summed E-state index contributed by atoms with van der Waals surface area (Å²) in [6.07, 6.45) is 2.20. The summed E-state index contributed by atoms with van der Waals surface area (Å²) in [6, 6.07) is 8.15. The van der Waals surface area contributed by atoms with Gasteiger partial charge in [-0.05, 0) is 38.4 Å². The molecule has 0 spiro atoms. The van der Waals surface area contributed by atoms with Gasteiger partial charge in [-0.15, -0.1) is 12.4 Å². The molecule has 124 valence electrons. The highest BCUT2D eigenvalue weighted by Crippen LogP contribution is 2.22. The number of hydrogen-bond acceptors (Lipinski definition) is 3. The number of hydrogen-bond donors (Lipinski definition) is 2. The molecule has 1 unspecified atom stereocenters. The van der Waals surface area contributed by atoms with Gasteiger partial charge in [-0.2, -0.15) is 0 Å². The first kappa shape index (κ1) is 19.2. The van der Waals surface area contributed by atoms with Crippen LogP contribution in [-0.4, -0.2) is 43.5 Å². The van der Waals surface area contributed by atoms with Crippen LogP contribution in [0.1, 0.15) is 31.4 Å². The minimum absolute atomic E-state index is 0. The summed E-state index contributed by atoms with van der Waals surface area (Å²) in [5, 5.41) is 7.02. The zero-order valence-electron chi connectivity index (χ0n) is 13.1. The Kier molecular flexibility index (Phi) is 8.18. The van der Waals surface area contributed by atoms with Gasteiger partial charge in [0.25, 0.3) is 0 Å². The number of nitrogens with one attached hydrogen (secondary N) is 2. The number of likely N-dealkylation sites (tertiary alicyclic amines) is 1. The van der Waals surface area contributed by atoms with Crippen LogP contribution < -0.4 is 10.6 Å². The highest BCUT2D eigenvalue weighted by atomic mass is 35.5. The molecular formula is C16H25Cl2N3O. The molecule has 6 heteroatoms.